The number of aldehydes is 1. The van der Waals surface area contributed by atoms with Crippen LogP contribution in [-0.4, -0.2) is 45.2 Å². The Labute approximate surface area is 108 Å². The average molecular weight is 256 g/mol. The van der Waals surface area contributed by atoms with Gasteiger partial charge in [-0.05, 0) is 44.9 Å². The minimum absolute atomic E-state index is 0.249. The molecule has 0 aliphatic rings. The summed E-state index contributed by atoms with van der Waals surface area (Å²) in [6, 6.07) is 0. The molecule has 0 aromatic heterocycles. The fraction of sp³-hybridized carbons (Fsp3) is 0.462. The Balaban J connectivity index is 4.86. The van der Waals surface area contributed by atoms with E-state index in [0.717, 1.165) is 6.29 Å². The molecule has 4 nitrogen and oxygen atoms in total. The van der Waals surface area contributed by atoms with E-state index < -0.39 is 0 Å². The van der Waals surface area contributed by atoms with Crippen LogP contribution in [0.3, 0.4) is 0 Å². The standard InChI is InChI=1S/C13H21FN2O2/c1-11(14)10-12(13(18-4)16(2)3)6-5-7-15-8-9-17/h5-7,9-10,13,15H,8H2,1-4H3/b7-5+,11-10+,12-6+. The highest BCUT2D eigenvalue weighted by Crippen LogP contribution is 2.13. The molecule has 1 N–H and O–H groups in total. The summed E-state index contributed by atoms with van der Waals surface area (Å²) in [6.45, 7) is 1.63. The first kappa shape index (κ1) is 16.5. The van der Waals surface area contributed by atoms with Crippen LogP contribution in [0.2, 0.25) is 0 Å². The van der Waals surface area contributed by atoms with Gasteiger partial charge in [0, 0.05) is 7.11 Å². The lowest BCUT2D eigenvalue weighted by atomic mass is 10.1. The van der Waals surface area contributed by atoms with Crippen molar-refractivity contribution in [3.63, 3.8) is 0 Å². The normalized spacial score (nSPS) is 15.2. The van der Waals surface area contributed by atoms with Crippen LogP contribution in [0, 0.1) is 0 Å². The smallest absolute Gasteiger partial charge is 0.139 e. The number of methoxy groups -OCH3 is 1. The van der Waals surface area contributed by atoms with Gasteiger partial charge in [0.1, 0.15) is 12.5 Å². The van der Waals surface area contributed by atoms with Crippen molar-refractivity contribution in [2.24, 2.45) is 0 Å². The molecule has 0 heterocycles. The Hall–Kier alpha value is -1.46. The molecule has 0 saturated heterocycles. The third kappa shape index (κ3) is 6.98. The Morgan fingerprint density at radius 2 is 2.17 bits per heavy atom. The lowest BCUT2D eigenvalue weighted by Gasteiger charge is -2.23. The van der Waals surface area contributed by atoms with Crippen molar-refractivity contribution in [1.82, 2.24) is 10.2 Å². The zero-order valence-electron chi connectivity index (χ0n) is 11.3. The van der Waals surface area contributed by atoms with Crippen LogP contribution in [-0.2, 0) is 9.53 Å². The summed E-state index contributed by atoms with van der Waals surface area (Å²) in [6.07, 6.45) is 6.91. The summed E-state index contributed by atoms with van der Waals surface area (Å²) < 4.78 is 18.3. The maximum Gasteiger partial charge on any atom is 0.139 e. The van der Waals surface area contributed by atoms with Gasteiger partial charge < -0.3 is 14.8 Å². The lowest BCUT2D eigenvalue weighted by Crippen LogP contribution is -2.31. The van der Waals surface area contributed by atoms with Gasteiger partial charge in [0.05, 0.1) is 12.4 Å². The fourth-order valence-corrected chi connectivity index (χ4v) is 1.42. The summed E-state index contributed by atoms with van der Waals surface area (Å²) in [7, 11) is 5.25. The SMILES string of the molecule is COC(C(/C=C(\C)F)=C/C=C/NCC=O)N(C)C. The van der Waals surface area contributed by atoms with E-state index in [4.69, 9.17) is 4.74 Å². The molecule has 0 amide bonds. The first-order chi connectivity index (χ1) is 8.52. The van der Waals surface area contributed by atoms with Gasteiger partial charge >= 0.3 is 0 Å². The highest BCUT2D eigenvalue weighted by molar-refractivity contribution is 5.52. The van der Waals surface area contributed by atoms with Crippen molar-refractivity contribution in [2.75, 3.05) is 27.7 Å². The number of carbonyl (C=O) groups is 1. The molecule has 0 radical (unpaired) electrons. The molecular formula is C13H21FN2O2. The van der Waals surface area contributed by atoms with E-state index in [9.17, 15) is 9.18 Å². The second-order valence-electron chi connectivity index (χ2n) is 3.88. The number of allylic oxidation sites excluding steroid dienone is 3. The van der Waals surface area contributed by atoms with Crippen molar-refractivity contribution in [1.29, 1.82) is 0 Å². The zero-order chi connectivity index (χ0) is 14.0. The quantitative estimate of drug-likeness (QED) is 0.310. The molecule has 0 aliphatic carbocycles. The van der Waals surface area contributed by atoms with Gasteiger partial charge in [-0.15, -0.1) is 0 Å². The van der Waals surface area contributed by atoms with E-state index in [1.165, 1.54) is 13.0 Å². The van der Waals surface area contributed by atoms with Crippen molar-refractivity contribution in [2.45, 2.75) is 13.2 Å². The van der Waals surface area contributed by atoms with Crippen molar-refractivity contribution in [3.8, 4) is 0 Å². The molecule has 0 bridgehead atoms. The number of rotatable bonds is 8. The molecule has 0 aliphatic heterocycles. The second-order valence-corrected chi connectivity index (χ2v) is 3.88. The molecule has 0 saturated carbocycles. The third-order valence-electron chi connectivity index (χ3n) is 2.05. The lowest BCUT2D eigenvalue weighted by molar-refractivity contribution is -0.107. The summed E-state index contributed by atoms with van der Waals surface area (Å²) in [4.78, 5) is 11.9. The molecule has 0 rings (SSSR count). The summed E-state index contributed by atoms with van der Waals surface area (Å²) in [5.74, 6) is -0.292. The summed E-state index contributed by atoms with van der Waals surface area (Å²) >= 11 is 0. The number of nitrogens with zero attached hydrogens (tertiary/aromatic N) is 1. The Bertz CT molecular complexity index is 332. The van der Waals surface area contributed by atoms with Gasteiger partial charge in [-0.1, -0.05) is 6.08 Å². The average Bonchev–Trinajstić information content (AvgIpc) is 2.28. The van der Waals surface area contributed by atoms with E-state index in [0.29, 0.717) is 5.57 Å². The molecule has 0 aromatic rings. The van der Waals surface area contributed by atoms with Gasteiger partial charge in [-0.25, -0.2) is 4.39 Å². The molecule has 0 aromatic carbocycles. The van der Waals surface area contributed by atoms with Gasteiger partial charge in [0.15, 0.2) is 0 Å². The monoisotopic (exact) mass is 256 g/mol. The van der Waals surface area contributed by atoms with Gasteiger partial charge in [0.2, 0.25) is 0 Å². The van der Waals surface area contributed by atoms with Crippen molar-refractivity contribution in [3.05, 3.63) is 35.8 Å². The number of hydrogen-bond donors (Lipinski definition) is 1. The Morgan fingerprint density at radius 3 is 2.61 bits per heavy atom. The topological polar surface area (TPSA) is 41.6 Å². The molecule has 5 heteroatoms. The van der Waals surface area contributed by atoms with Crippen LogP contribution in [0.1, 0.15) is 6.92 Å². The number of likely N-dealkylation sites (N-methyl/N-ethyl adjacent to an activating group) is 1. The predicted octanol–water partition coefficient (Wildman–Crippen LogP) is 1.62. The minimum atomic E-state index is -0.327. The molecule has 1 atom stereocenters. The highest BCUT2D eigenvalue weighted by Gasteiger charge is 2.13. The first-order valence-corrected chi connectivity index (χ1v) is 5.59. The van der Waals surface area contributed by atoms with E-state index in [-0.39, 0.29) is 18.6 Å². The predicted molar refractivity (Wildman–Crippen MR) is 70.6 cm³/mol. The number of nitrogens with one attached hydrogen (secondary N) is 1. The molecule has 0 fully saturated rings. The molecule has 18 heavy (non-hydrogen) atoms. The minimum Gasteiger partial charge on any atom is -0.384 e. The van der Waals surface area contributed by atoms with Crippen molar-refractivity contribution < 1.29 is 13.9 Å². The van der Waals surface area contributed by atoms with E-state index >= 15 is 0 Å². The summed E-state index contributed by atoms with van der Waals surface area (Å²) in [5.41, 5.74) is 0.687. The number of ether oxygens (including phenoxy) is 1. The second kappa shape index (κ2) is 9.56. The van der Waals surface area contributed by atoms with Crippen LogP contribution in [0.25, 0.3) is 0 Å². The molecular weight excluding hydrogens is 235 g/mol. The first-order valence-electron chi connectivity index (χ1n) is 5.59. The number of carbonyl (C=O) groups excluding carboxylic acids is 1. The number of hydrogen-bond acceptors (Lipinski definition) is 4. The Kier molecular flexibility index (Phi) is 8.78. The Morgan fingerprint density at radius 1 is 1.50 bits per heavy atom. The van der Waals surface area contributed by atoms with E-state index in [1.54, 1.807) is 25.5 Å². The van der Waals surface area contributed by atoms with Crippen LogP contribution >= 0.6 is 0 Å². The molecule has 0 spiro atoms. The molecule has 102 valence electrons. The van der Waals surface area contributed by atoms with Crippen LogP contribution in [0.15, 0.2) is 35.8 Å². The van der Waals surface area contributed by atoms with Gasteiger partial charge in [0.25, 0.3) is 0 Å². The van der Waals surface area contributed by atoms with Gasteiger partial charge in [-0.3, -0.25) is 4.90 Å². The van der Waals surface area contributed by atoms with Crippen LogP contribution in [0.5, 0.6) is 0 Å². The molecule has 1 unspecified atom stereocenters. The zero-order valence-corrected chi connectivity index (χ0v) is 11.3. The van der Waals surface area contributed by atoms with E-state index in [1.807, 2.05) is 19.0 Å². The third-order valence-corrected chi connectivity index (χ3v) is 2.05. The van der Waals surface area contributed by atoms with Gasteiger partial charge in [-0.2, -0.15) is 0 Å². The summed E-state index contributed by atoms with van der Waals surface area (Å²) in [5, 5.41) is 2.77. The largest absolute Gasteiger partial charge is 0.384 e. The van der Waals surface area contributed by atoms with Crippen LogP contribution in [0.4, 0.5) is 4.39 Å². The van der Waals surface area contributed by atoms with E-state index in [2.05, 4.69) is 5.32 Å². The maximum absolute atomic E-state index is 13.0. The van der Waals surface area contributed by atoms with Crippen LogP contribution < -0.4 is 5.32 Å². The maximum atomic E-state index is 13.0. The fourth-order valence-electron chi connectivity index (χ4n) is 1.42. The van der Waals surface area contributed by atoms with Crippen molar-refractivity contribution >= 4 is 6.29 Å². The number of halogens is 1. The highest BCUT2D eigenvalue weighted by atomic mass is 19.1.